The van der Waals surface area contributed by atoms with E-state index in [4.69, 9.17) is 0 Å². The number of hydrogen-bond donors (Lipinski definition) is 2. The second-order valence-corrected chi connectivity index (χ2v) is 5.38. The summed E-state index contributed by atoms with van der Waals surface area (Å²) in [5.41, 5.74) is 1.36. The van der Waals surface area contributed by atoms with E-state index in [-0.39, 0.29) is 12.2 Å². The first kappa shape index (κ1) is 15.0. The largest absolute Gasteiger partial charge is 0.480 e. The van der Waals surface area contributed by atoms with Crippen molar-refractivity contribution in [3.63, 3.8) is 0 Å². The van der Waals surface area contributed by atoms with Crippen molar-refractivity contribution in [2.24, 2.45) is 0 Å². The molecule has 2 rings (SSSR count). The minimum absolute atomic E-state index is 0.261. The van der Waals surface area contributed by atoms with E-state index < -0.39 is 11.5 Å². The van der Waals surface area contributed by atoms with Gasteiger partial charge in [0.25, 0.3) is 0 Å². The second-order valence-electron chi connectivity index (χ2n) is 5.38. The Labute approximate surface area is 123 Å². The Bertz CT molecular complexity index is 639. The number of benzene rings is 2. The Balaban J connectivity index is 2.26. The number of rotatable bonds is 5. The first-order valence-electron chi connectivity index (χ1n) is 6.72. The molecule has 21 heavy (non-hydrogen) atoms. The molecule has 0 bridgehead atoms. The lowest BCUT2D eigenvalue weighted by molar-refractivity contribution is -0.141. The molecule has 2 N–H and O–H groups in total. The van der Waals surface area contributed by atoms with Crippen LogP contribution in [-0.4, -0.2) is 16.6 Å². The summed E-state index contributed by atoms with van der Waals surface area (Å²) in [7, 11) is 0. The normalized spacial score (nSPS) is 13.5. The SMILES string of the molecule is Cc1ccccc1NC(C)(Cc1ccc(F)cc1)C(=O)O. The Morgan fingerprint density at radius 2 is 1.81 bits per heavy atom. The number of nitrogens with one attached hydrogen (secondary N) is 1. The standard InChI is InChI=1S/C17H18FNO2/c1-12-5-3-4-6-15(12)19-17(2,16(20)21)11-13-7-9-14(18)10-8-13/h3-10,19H,11H2,1-2H3,(H,20,21). The second kappa shape index (κ2) is 5.95. The zero-order chi connectivity index (χ0) is 15.5. The average molecular weight is 287 g/mol. The van der Waals surface area contributed by atoms with Crippen LogP contribution in [0.15, 0.2) is 48.5 Å². The molecule has 2 aromatic carbocycles. The van der Waals surface area contributed by atoms with Crippen molar-refractivity contribution < 1.29 is 14.3 Å². The molecule has 0 amide bonds. The maximum absolute atomic E-state index is 12.9. The van der Waals surface area contributed by atoms with Crippen LogP contribution in [0.2, 0.25) is 0 Å². The Morgan fingerprint density at radius 1 is 1.19 bits per heavy atom. The van der Waals surface area contributed by atoms with E-state index >= 15 is 0 Å². The number of para-hydroxylation sites is 1. The van der Waals surface area contributed by atoms with Crippen LogP contribution in [0.1, 0.15) is 18.1 Å². The molecule has 0 spiro atoms. The number of carboxylic acid groups (broad SMARTS) is 1. The Morgan fingerprint density at radius 3 is 2.38 bits per heavy atom. The van der Waals surface area contributed by atoms with Gasteiger partial charge in [-0.25, -0.2) is 9.18 Å². The van der Waals surface area contributed by atoms with E-state index in [9.17, 15) is 14.3 Å². The van der Waals surface area contributed by atoms with Gasteiger partial charge in [-0.1, -0.05) is 30.3 Å². The first-order valence-corrected chi connectivity index (χ1v) is 6.72. The minimum atomic E-state index is -1.16. The van der Waals surface area contributed by atoms with E-state index in [0.29, 0.717) is 0 Å². The number of carboxylic acids is 1. The summed E-state index contributed by atoms with van der Waals surface area (Å²) < 4.78 is 12.9. The smallest absolute Gasteiger partial charge is 0.329 e. The zero-order valence-corrected chi connectivity index (χ0v) is 12.1. The third kappa shape index (κ3) is 3.60. The van der Waals surface area contributed by atoms with Crippen molar-refractivity contribution in [3.05, 3.63) is 65.5 Å². The van der Waals surface area contributed by atoms with Crippen LogP contribution < -0.4 is 5.32 Å². The lowest BCUT2D eigenvalue weighted by Gasteiger charge is -2.28. The Kier molecular flexibility index (Phi) is 4.26. The number of carbonyl (C=O) groups is 1. The van der Waals surface area contributed by atoms with Crippen LogP contribution in [-0.2, 0) is 11.2 Å². The van der Waals surface area contributed by atoms with Crippen LogP contribution in [0, 0.1) is 12.7 Å². The summed E-state index contributed by atoms with van der Waals surface area (Å²) in [5, 5.41) is 12.7. The van der Waals surface area contributed by atoms with Gasteiger partial charge < -0.3 is 10.4 Å². The van der Waals surface area contributed by atoms with Gasteiger partial charge in [-0.3, -0.25) is 0 Å². The number of anilines is 1. The predicted octanol–water partition coefficient (Wildman–Crippen LogP) is 3.63. The van der Waals surface area contributed by atoms with Gasteiger partial charge in [0.2, 0.25) is 0 Å². The molecule has 0 aliphatic heterocycles. The van der Waals surface area contributed by atoms with E-state index in [2.05, 4.69) is 5.32 Å². The monoisotopic (exact) mass is 287 g/mol. The van der Waals surface area contributed by atoms with Gasteiger partial charge in [0, 0.05) is 12.1 Å². The molecule has 0 fully saturated rings. The minimum Gasteiger partial charge on any atom is -0.480 e. The molecule has 3 nitrogen and oxygen atoms in total. The third-order valence-corrected chi connectivity index (χ3v) is 3.50. The number of aliphatic carboxylic acids is 1. The molecule has 0 saturated carbocycles. The maximum Gasteiger partial charge on any atom is 0.329 e. The summed E-state index contributed by atoms with van der Waals surface area (Å²) in [4.78, 5) is 11.7. The van der Waals surface area contributed by atoms with Crippen LogP contribution >= 0.6 is 0 Å². The van der Waals surface area contributed by atoms with Crippen molar-refractivity contribution in [1.29, 1.82) is 0 Å². The van der Waals surface area contributed by atoms with Crippen LogP contribution in [0.3, 0.4) is 0 Å². The molecule has 0 saturated heterocycles. The number of halogens is 1. The van der Waals surface area contributed by atoms with E-state index in [1.54, 1.807) is 19.1 Å². The summed E-state index contributed by atoms with van der Waals surface area (Å²) in [6.45, 7) is 3.55. The van der Waals surface area contributed by atoms with Crippen LogP contribution in [0.25, 0.3) is 0 Å². The molecule has 2 aromatic rings. The van der Waals surface area contributed by atoms with Crippen LogP contribution in [0.4, 0.5) is 10.1 Å². The van der Waals surface area contributed by atoms with Gasteiger partial charge in [0.15, 0.2) is 0 Å². The molecule has 0 radical (unpaired) electrons. The van der Waals surface area contributed by atoms with Gasteiger partial charge in [0.1, 0.15) is 11.4 Å². The Hall–Kier alpha value is -2.36. The van der Waals surface area contributed by atoms with Crippen LogP contribution in [0.5, 0.6) is 0 Å². The lowest BCUT2D eigenvalue weighted by Crippen LogP contribution is -2.45. The van der Waals surface area contributed by atoms with Crippen molar-refractivity contribution in [2.45, 2.75) is 25.8 Å². The van der Waals surface area contributed by atoms with Crippen molar-refractivity contribution in [3.8, 4) is 0 Å². The topological polar surface area (TPSA) is 49.3 Å². The lowest BCUT2D eigenvalue weighted by atomic mass is 9.92. The highest BCUT2D eigenvalue weighted by Gasteiger charge is 2.33. The molecule has 110 valence electrons. The quantitative estimate of drug-likeness (QED) is 0.883. The van der Waals surface area contributed by atoms with Gasteiger partial charge in [-0.15, -0.1) is 0 Å². The predicted molar refractivity (Wildman–Crippen MR) is 80.9 cm³/mol. The van der Waals surface area contributed by atoms with Crippen molar-refractivity contribution in [2.75, 3.05) is 5.32 Å². The summed E-state index contributed by atoms with van der Waals surface area (Å²) in [5.74, 6) is -1.28. The molecule has 0 aliphatic carbocycles. The zero-order valence-electron chi connectivity index (χ0n) is 12.1. The molecule has 0 heterocycles. The molecular formula is C17H18FNO2. The summed E-state index contributed by atoms with van der Waals surface area (Å²) >= 11 is 0. The van der Waals surface area contributed by atoms with Gasteiger partial charge in [0.05, 0.1) is 0 Å². The number of aryl methyl sites for hydroxylation is 1. The summed E-state index contributed by atoms with van der Waals surface area (Å²) in [6.07, 6.45) is 0.261. The highest BCUT2D eigenvalue weighted by molar-refractivity contribution is 5.83. The highest BCUT2D eigenvalue weighted by atomic mass is 19.1. The number of hydrogen-bond acceptors (Lipinski definition) is 2. The molecule has 1 unspecified atom stereocenters. The molecule has 0 aliphatic rings. The highest BCUT2D eigenvalue weighted by Crippen LogP contribution is 2.23. The van der Waals surface area contributed by atoms with Crippen molar-refractivity contribution in [1.82, 2.24) is 0 Å². The van der Waals surface area contributed by atoms with Crippen molar-refractivity contribution >= 4 is 11.7 Å². The molecule has 0 aromatic heterocycles. The fourth-order valence-corrected chi connectivity index (χ4v) is 2.19. The molecule has 1 atom stereocenters. The molecule has 4 heteroatoms. The first-order chi connectivity index (χ1) is 9.90. The third-order valence-electron chi connectivity index (χ3n) is 3.50. The molecular weight excluding hydrogens is 269 g/mol. The fourth-order valence-electron chi connectivity index (χ4n) is 2.19. The fraction of sp³-hybridized carbons (Fsp3) is 0.235. The average Bonchev–Trinajstić information content (AvgIpc) is 2.44. The van der Waals surface area contributed by atoms with Gasteiger partial charge >= 0.3 is 5.97 Å². The summed E-state index contributed by atoms with van der Waals surface area (Å²) in [6, 6.07) is 13.4. The van der Waals surface area contributed by atoms with E-state index in [1.807, 2.05) is 31.2 Å². The van der Waals surface area contributed by atoms with Gasteiger partial charge in [-0.05, 0) is 43.2 Å². The maximum atomic E-state index is 12.9. The van der Waals surface area contributed by atoms with Gasteiger partial charge in [-0.2, -0.15) is 0 Å². The van der Waals surface area contributed by atoms with E-state index in [0.717, 1.165) is 16.8 Å². The van der Waals surface area contributed by atoms with E-state index in [1.165, 1.54) is 12.1 Å².